The minimum Gasteiger partial charge on any atom is -0.493 e. The largest absolute Gasteiger partial charge is 0.493 e. The van der Waals surface area contributed by atoms with Crippen LogP contribution in [-0.2, 0) is 10.2 Å². The predicted octanol–water partition coefficient (Wildman–Crippen LogP) is 3.62. The molecule has 0 radical (unpaired) electrons. The number of fused-ring (bicyclic) bond motifs is 1. The summed E-state index contributed by atoms with van der Waals surface area (Å²) in [5.41, 5.74) is 2.37. The molecule has 2 atom stereocenters. The van der Waals surface area contributed by atoms with Crippen LogP contribution >= 0.6 is 0 Å². The van der Waals surface area contributed by atoms with Crippen LogP contribution in [0.15, 0.2) is 30.0 Å². The highest BCUT2D eigenvalue weighted by atomic mass is 16.6. The fourth-order valence-electron chi connectivity index (χ4n) is 4.49. The maximum absolute atomic E-state index is 12.1. The zero-order valence-corrected chi connectivity index (χ0v) is 14.2. The Hall–Kier alpha value is -2.17. The van der Waals surface area contributed by atoms with Gasteiger partial charge < -0.3 is 14.2 Å². The average molecular weight is 329 g/mol. The molecule has 0 saturated heterocycles. The van der Waals surface area contributed by atoms with Crippen molar-refractivity contribution in [2.45, 2.75) is 44.1 Å². The molecule has 3 aliphatic rings. The number of carbonyl (C=O) groups is 1. The van der Waals surface area contributed by atoms with E-state index in [1.807, 2.05) is 25.3 Å². The third-order valence-corrected chi connectivity index (χ3v) is 5.54. The number of hydrogen-bond acceptors (Lipinski definition) is 4. The third-order valence-electron chi connectivity index (χ3n) is 5.54. The van der Waals surface area contributed by atoms with E-state index in [1.54, 1.807) is 12.0 Å². The van der Waals surface area contributed by atoms with Crippen LogP contribution in [0.1, 0.15) is 38.2 Å². The normalized spacial score (nSPS) is 27.3. The van der Waals surface area contributed by atoms with Gasteiger partial charge in [0.25, 0.3) is 0 Å². The Morgan fingerprint density at radius 3 is 3.12 bits per heavy atom. The maximum atomic E-state index is 12.1. The molecule has 4 rings (SSSR count). The summed E-state index contributed by atoms with van der Waals surface area (Å²) in [6.45, 7) is 2.88. The van der Waals surface area contributed by atoms with E-state index in [2.05, 4.69) is 6.07 Å². The van der Waals surface area contributed by atoms with E-state index in [0.717, 1.165) is 37.2 Å². The van der Waals surface area contributed by atoms with Gasteiger partial charge in [-0.25, -0.2) is 4.79 Å². The summed E-state index contributed by atoms with van der Waals surface area (Å²) in [4.78, 5) is 13.8. The van der Waals surface area contributed by atoms with Crippen LogP contribution in [0.25, 0.3) is 0 Å². The zero-order valence-electron chi connectivity index (χ0n) is 14.2. The molecule has 0 N–H and O–H groups in total. The van der Waals surface area contributed by atoms with Crippen LogP contribution in [0.2, 0.25) is 0 Å². The van der Waals surface area contributed by atoms with Crippen LogP contribution in [0.5, 0.6) is 11.5 Å². The third kappa shape index (κ3) is 2.03. The van der Waals surface area contributed by atoms with Crippen molar-refractivity contribution in [3.63, 3.8) is 0 Å². The Morgan fingerprint density at radius 1 is 1.46 bits per heavy atom. The minimum absolute atomic E-state index is 0.120. The number of amides is 1. The fourth-order valence-corrected chi connectivity index (χ4v) is 4.49. The van der Waals surface area contributed by atoms with Crippen LogP contribution in [0, 0.1) is 0 Å². The summed E-state index contributed by atoms with van der Waals surface area (Å²) in [5.74, 6) is 1.67. The van der Waals surface area contributed by atoms with Crippen molar-refractivity contribution in [1.29, 1.82) is 0 Å². The zero-order chi connectivity index (χ0) is 16.7. The predicted molar refractivity (Wildman–Crippen MR) is 89.4 cm³/mol. The first kappa shape index (κ1) is 15.4. The number of hydrogen-bond donors (Lipinski definition) is 0. The highest BCUT2D eigenvalue weighted by Gasteiger charge is 2.55. The molecule has 1 aliphatic carbocycles. The minimum atomic E-state index is -0.258. The van der Waals surface area contributed by atoms with E-state index in [1.165, 1.54) is 11.1 Å². The van der Waals surface area contributed by atoms with Gasteiger partial charge in [-0.05, 0) is 44.2 Å². The van der Waals surface area contributed by atoms with Gasteiger partial charge >= 0.3 is 6.09 Å². The molecule has 1 saturated carbocycles. The molecule has 0 unspecified atom stereocenters. The average Bonchev–Trinajstić information content (AvgIpc) is 2.94. The van der Waals surface area contributed by atoms with Crippen molar-refractivity contribution in [2.24, 2.45) is 0 Å². The molecule has 0 bridgehead atoms. The Morgan fingerprint density at radius 2 is 2.33 bits per heavy atom. The monoisotopic (exact) mass is 329 g/mol. The Balaban J connectivity index is 1.78. The summed E-state index contributed by atoms with van der Waals surface area (Å²) in [7, 11) is 1.68. The van der Waals surface area contributed by atoms with Gasteiger partial charge in [0, 0.05) is 18.3 Å². The first-order valence-corrected chi connectivity index (χ1v) is 8.69. The molecular formula is C19H23NO4. The molecule has 0 aromatic heterocycles. The SMILES string of the molecule is CCOC(=O)N1C=C2CCC[C@@H]3Oc4c(OC)cccc4[C@]23CC1. The Labute approximate surface area is 142 Å². The smallest absolute Gasteiger partial charge is 0.413 e. The van der Waals surface area contributed by atoms with E-state index in [9.17, 15) is 4.79 Å². The standard InChI is InChI=1S/C19H23NO4/c1-3-23-18(21)20-11-10-19-13(12-20)6-4-9-16(19)24-17-14(19)7-5-8-15(17)22-2/h5,7-8,12,16H,3-4,6,9-11H2,1-2H3/t16-,19-/m0/s1. The lowest BCUT2D eigenvalue weighted by molar-refractivity contribution is 0.0907. The van der Waals surface area contributed by atoms with Gasteiger partial charge in [-0.1, -0.05) is 12.1 Å². The first-order valence-electron chi connectivity index (χ1n) is 8.69. The summed E-state index contributed by atoms with van der Waals surface area (Å²) in [6, 6.07) is 6.13. The molecular weight excluding hydrogens is 306 g/mol. The van der Waals surface area contributed by atoms with Gasteiger partial charge in [0.2, 0.25) is 0 Å². The van der Waals surface area contributed by atoms with Crippen molar-refractivity contribution in [1.82, 2.24) is 4.90 Å². The second-order valence-electron chi connectivity index (χ2n) is 6.60. The molecule has 1 amide bonds. The van der Waals surface area contributed by atoms with E-state index in [-0.39, 0.29) is 17.6 Å². The van der Waals surface area contributed by atoms with E-state index >= 15 is 0 Å². The molecule has 5 heteroatoms. The van der Waals surface area contributed by atoms with Crippen molar-refractivity contribution in [2.75, 3.05) is 20.3 Å². The lowest BCUT2D eigenvalue weighted by atomic mass is 9.62. The van der Waals surface area contributed by atoms with E-state index in [4.69, 9.17) is 14.2 Å². The highest BCUT2D eigenvalue weighted by Crippen LogP contribution is 2.58. The lowest BCUT2D eigenvalue weighted by Gasteiger charge is -2.44. The van der Waals surface area contributed by atoms with Crippen LogP contribution in [-0.4, -0.2) is 37.4 Å². The second-order valence-corrected chi connectivity index (χ2v) is 6.60. The van der Waals surface area contributed by atoms with Gasteiger partial charge in [-0.15, -0.1) is 0 Å². The summed E-state index contributed by atoms with van der Waals surface area (Å²) in [5, 5.41) is 0. The van der Waals surface area contributed by atoms with Gasteiger partial charge in [0.1, 0.15) is 6.10 Å². The van der Waals surface area contributed by atoms with Gasteiger partial charge in [0.15, 0.2) is 11.5 Å². The molecule has 1 spiro atoms. The Kier molecular flexibility index (Phi) is 3.66. The molecule has 2 aliphatic heterocycles. The molecule has 2 heterocycles. The summed E-state index contributed by atoms with van der Waals surface area (Å²) < 4.78 is 17.0. The molecule has 1 aromatic carbocycles. The first-order chi connectivity index (χ1) is 11.7. The molecule has 1 aromatic rings. The Bertz CT molecular complexity index is 699. The number of methoxy groups -OCH3 is 1. The lowest BCUT2D eigenvalue weighted by Crippen LogP contribution is -2.49. The van der Waals surface area contributed by atoms with Crippen molar-refractivity contribution in [3.8, 4) is 11.5 Å². The summed E-state index contributed by atoms with van der Waals surface area (Å²) in [6.07, 6.45) is 5.85. The number of carbonyl (C=O) groups excluding carboxylic acids is 1. The quantitative estimate of drug-likeness (QED) is 0.831. The van der Waals surface area contributed by atoms with Crippen molar-refractivity contribution in [3.05, 3.63) is 35.5 Å². The molecule has 128 valence electrons. The number of ether oxygens (including phenoxy) is 3. The van der Waals surface area contributed by atoms with Gasteiger partial charge in [-0.2, -0.15) is 0 Å². The fraction of sp³-hybridized carbons (Fsp3) is 0.526. The highest BCUT2D eigenvalue weighted by molar-refractivity contribution is 5.70. The van der Waals surface area contributed by atoms with Crippen molar-refractivity contribution >= 4 is 6.09 Å². The number of para-hydroxylation sites is 1. The second kappa shape index (κ2) is 5.72. The number of benzene rings is 1. The van der Waals surface area contributed by atoms with E-state index < -0.39 is 0 Å². The number of rotatable bonds is 2. The molecule has 24 heavy (non-hydrogen) atoms. The van der Waals surface area contributed by atoms with Crippen LogP contribution < -0.4 is 9.47 Å². The van der Waals surface area contributed by atoms with Crippen LogP contribution in [0.3, 0.4) is 0 Å². The maximum Gasteiger partial charge on any atom is 0.413 e. The topological polar surface area (TPSA) is 48.0 Å². The van der Waals surface area contributed by atoms with Crippen molar-refractivity contribution < 1.29 is 19.0 Å². The van der Waals surface area contributed by atoms with E-state index in [0.29, 0.717) is 13.2 Å². The van der Waals surface area contributed by atoms with Gasteiger partial charge in [-0.3, -0.25) is 4.90 Å². The molecule has 5 nitrogen and oxygen atoms in total. The van der Waals surface area contributed by atoms with Gasteiger partial charge in [0.05, 0.1) is 19.1 Å². The summed E-state index contributed by atoms with van der Waals surface area (Å²) >= 11 is 0. The molecule has 1 fully saturated rings. The number of nitrogens with zero attached hydrogens (tertiary/aromatic N) is 1. The van der Waals surface area contributed by atoms with Crippen LogP contribution in [0.4, 0.5) is 4.79 Å².